The first-order valence-electron chi connectivity index (χ1n) is 7.99. The van der Waals surface area contributed by atoms with Gasteiger partial charge in [0, 0.05) is 5.92 Å². The number of rotatable bonds is 5. The molecule has 0 amide bonds. The van der Waals surface area contributed by atoms with E-state index in [9.17, 15) is 8.42 Å². The van der Waals surface area contributed by atoms with Crippen LogP contribution < -0.4 is 0 Å². The maximum Gasteiger partial charge on any atom is 0.185 e. The van der Waals surface area contributed by atoms with Gasteiger partial charge in [0.2, 0.25) is 0 Å². The summed E-state index contributed by atoms with van der Waals surface area (Å²) < 4.78 is 26.7. The van der Waals surface area contributed by atoms with E-state index < -0.39 is 15.1 Å². The van der Waals surface area contributed by atoms with Crippen molar-refractivity contribution < 1.29 is 8.42 Å². The van der Waals surface area contributed by atoms with Crippen LogP contribution in [0.25, 0.3) is 0 Å². The van der Waals surface area contributed by atoms with Crippen molar-refractivity contribution in [1.82, 2.24) is 0 Å². The average molecular weight is 336 g/mol. The Labute approximate surface area is 143 Å². The number of hydrogen-bond acceptors (Lipinski definition) is 2. The minimum absolute atomic E-state index is 0.154. The fourth-order valence-electron chi connectivity index (χ4n) is 3.07. The molecule has 2 atom stereocenters. The average Bonchev–Trinajstić information content (AvgIpc) is 2.64. The topological polar surface area (TPSA) is 34.1 Å². The van der Waals surface area contributed by atoms with Crippen LogP contribution in [0.2, 0.25) is 0 Å². The smallest absolute Gasteiger partial charge is 0.185 e. The predicted octanol–water partition coefficient (Wildman–Crippen LogP) is 5.01. The van der Waals surface area contributed by atoms with Crippen LogP contribution >= 0.6 is 0 Å². The maximum atomic E-state index is 13.3. The SMILES string of the molecule is CC(c1ccccc1)C(c1ccccc1)S(=O)(=O)c1ccccc1. The van der Waals surface area contributed by atoms with Gasteiger partial charge in [0.15, 0.2) is 9.84 Å². The van der Waals surface area contributed by atoms with Crippen LogP contribution in [0.5, 0.6) is 0 Å². The molecular formula is C21H20O2S. The van der Waals surface area contributed by atoms with Crippen LogP contribution in [0.15, 0.2) is 95.9 Å². The van der Waals surface area contributed by atoms with E-state index >= 15 is 0 Å². The summed E-state index contributed by atoms with van der Waals surface area (Å²) in [6.45, 7) is 1.98. The molecule has 3 heteroatoms. The van der Waals surface area contributed by atoms with Crippen LogP contribution in [-0.2, 0) is 9.84 Å². The van der Waals surface area contributed by atoms with Gasteiger partial charge in [-0.25, -0.2) is 8.42 Å². The Balaban J connectivity index is 2.13. The molecule has 0 heterocycles. The molecule has 0 bridgehead atoms. The van der Waals surface area contributed by atoms with Gasteiger partial charge in [-0.15, -0.1) is 0 Å². The third-order valence-electron chi connectivity index (χ3n) is 4.31. The molecule has 0 aliphatic heterocycles. The highest BCUT2D eigenvalue weighted by atomic mass is 32.2. The normalized spacial score (nSPS) is 14.0. The summed E-state index contributed by atoms with van der Waals surface area (Å²) in [6, 6.07) is 28.0. The van der Waals surface area contributed by atoms with Gasteiger partial charge in [0.1, 0.15) is 0 Å². The van der Waals surface area contributed by atoms with E-state index in [0.29, 0.717) is 4.90 Å². The van der Waals surface area contributed by atoms with E-state index in [-0.39, 0.29) is 5.92 Å². The van der Waals surface area contributed by atoms with Crippen molar-refractivity contribution in [1.29, 1.82) is 0 Å². The van der Waals surface area contributed by atoms with E-state index in [2.05, 4.69) is 0 Å². The molecule has 0 aromatic heterocycles. The molecule has 0 spiro atoms. The first-order valence-corrected chi connectivity index (χ1v) is 9.54. The Bertz CT molecular complexity index is 873. The van der Waals surface area contributed by atoms with Gasteiger partial charge >= 0.3 is 0 Å². The zero-order valence-electron chi connectivity index (χ0n) is 13.5. The predicted molar refractivity (Wildman–Crippen MR) is 97.7 cm³/mol. The fourth-order valence-corrected chi connectivity index (χ4v) is 5.11. The fraction of sp³-hybridized carbons (Fsp3) is 0.143. The number of hydrogen-bond donors (Lipinski definition) is 0. The van der Waals surface area contributed by atoms with Gasteiger partial charge in [0.05, 0.1) is 10.1 Å². The van der Waals surface area contributed by atoms with Gasteiger partial charge < -0.3 is 0 Å². The molecule has 0 N–H and O–H groups in total. The first kappa shape index (κ1) is 16.5. The van der Waals surface area contributed by atoms with Crippen LogP contribution in [-0.4, -0.2) is 8.42 Å². The third-order valence-corrected chi connectivity index (χ3v) is 6.59. The molecule has 0 fully saturated rings. The molecule has 0 aliphatic carbocycles. The lowest BCUT2D eigenvalue weighted by Gasteiger charge is -2.25. The second kappa shape index (κ2) is 7.02. The Kier molecular flexibility index (Phi) is 4.81. The lowest BCUT2D eigenvalue weighted by Crippen LogP contribution is -2.19. The summed E-state index contributed by atoms with van der Waals surface area (Å²) in [6.07, 6.45) is 0. The molecule has 122 valence electrons. The second-order valence-electron chi connectivity index (χ2n) is 5.89. The molecule has 0 radical (unpaired) electrons. The zero-order chi connectivity index (χ0) is 17.0. The van der Waals surface area contributed by atoms with Crippen molar-refractivity contribution in [3.63, 3.8) is 0 Å². The van der Waals surface area contributed by atoms with Crippen LogP contribution in [0, 0.1) is 0 Å². The lowest BCUT2D eigenvalue weighted by molar-refractivity contribution is 0.566. The quantitative estimate of drug-likeness (QED) is 0.656. The third kappa shape index (κ3) is 3.26. The Morgan fingerprint density at radius 1 is 0.625 bits per heavy atom. The standard InChI is InChI=1S/C21H20O2S/c1-17(18-11-5-2-6-12-18)21(19-13-7-3-8-14-19)24(22,23)20-15-9-4-10-16-20/h2-17,21H,1H3. The van der Waals surface area contributed by atoms with Gasteiger partial charge in [-0.05, 0) is 23.3 Å². The highest BCUT2D eigenvalue weighted by Crippen LogP contribution is 2.40. The molecule has 3 aromatic rings. The number of sulfone groups is 1. The summed E-state index contributed by atoms with van der Waals surface area (Å²) in [5, 5.41) is -0.622. The molecule has 24 heavy (non-hydrogen) atoms. The largest absolute Gasteiger partial charge is 0.223 e. The summed E-state index contributed by atoms with van der Waals surface area (Å²) in [4.78, 5) is 0.363. The van der Waals surface area contributed by atoms with Crippen molar-refractivity contribution in [2.45, 2.75) is 23.0 Å². The minimum Gasteiger partial charge on any atom is -0.223 e. The van der Waals surface area contributed by atoms with Gasteiger partial charge in [0.25, 0.3) is 0 Å². The van der Waals surface area contributed by atoms with E-state index in [1.165, 1.54) is 0 Å². The highest BCUT2D eigenvalue weighted by Gasteiger charge is 2.34. The van der Waals surface area contributed by atoms with E-state index in [4.69, 9.17) is 0 Å². The summed E-state index contributed by atoms with van der Waals surface area (Å²) in [7, 11) is -3.50. The van der Waals surface area contributed by atoms with Crippen LogP contribution in [0.3, 0.4) is 0 Å². The highest BCUT2D eigenvalue weighted by molar-refractivity contribution is 7.91. The molecule has 2 nitrogen and oxygen atoms in total. The molecular weight excluding hydrogens is 316 g/mol. The maximum absolute atomic E-state index is 13.3. The lowest BCUT2D eigenvalue weighted by atomic mass is 9.93. The Morgan fingerprint density at radius 2 is 1.04 bits per heavy atom. The van der Waals surface area contributed by atoms with Crippen molar-refractivity contribution in [3.05, 3.63) is 102 Å². The van der Waals surface area contributed by atoms with Gasteiger partial charge in [-0.2, -0.15) is 0 Å². The summed E-state index contributed by atoms with van der Waals surface area (Å²) >= 11 is 0. The molecule has 3 rings (SSSR count). The van der Waals surface area contributed by atoms with E-state index in [1.807, 2.05) is 73.7 Å². The van der Waals surface area contributed by atoms with E-state index in [1.54, 1.807) is 24.3 Å². The van der Waals surface area contributed by atoms with Crippen molar-refractivity contribution in [3.8, 4) is 0 Å². The van der Waals surface area contributed by atoms with Crippen LogP contribution in [0.4, 0.5) is 0 Å². The summed E-state index contributed by atoms with van der Waals surface area (Å²) in [5.74, 6) is -0.154. The minimum atomic E-state index is -3.50. The Hall–Kier alpha value is -2.39. The monoisotopic (exact) mass is 336 g/mol. The molecule has 0 saturated heterocycles. The Morgan fingerprint density at radius 3 is 1.54 bits per heavy atom. The van der Waals surface area contributed by atoms with E-state index in [0.717, 1.165) is 11.1 Å². The van der Waals surface area contributed by atoms with Crippen molar-refractivity contribution in [2.75, 3.05) is 0 Å². The van der Waals surface area contributed by atoms with Gasteiger partial charge in [-0.1, -0.05) is 85.8 Å². The summed E-state index contributed by atoms with van der Waals surface area (Å²) in [5.41, 5.74) is 1.84. The molecule has 3 aromatic carbocycles. The van der Waals surface area contributed by atoms with Crippen molar-refractivity contribution >= 4 is 9.84 Å². The first-order chi connectivity index (χ1) is 11.6. The molecule has 2 unspecified atom stereocenters. The molecule has 0 saturated carbocycles. The zero-order valence-corrected chi connectivity index (χ0v) is 14.4. The number of benzene rings is 3. The molecule has 0 aliphatic rings. The van der Waals surface area contributed by atoms with Crippen LogP contribution in [0.1, 0.15) is 29.2 Å². The van der Waals surface area contributed by atoms with Gasteiger partial charge in [-0.3, -0.25) is 0 Å². The van der Waals surface area contributed by atoms with Crippen molar-refractivity contribution in [2.24, 2.45) is 0 Å². The second-order valence-corrected chi connectivity index (χ2v) is 7.96.